The Morgan fingerprint density at radius 1 is 1.00 bits per heavy atom. The van der Waals surface area contributed by atoms with Crippen molar-refractivity contribution in [3.05, 3.63) is 71.3 Å². The summed E-state index contributed by atoms with van der Waals surface area (Å²) in [6.07, 6.45) is 5.12. The van der Waals surface area contributed by atoms with Crippen LogP contribution in [0, 0.1) is 5.92 Å². The van der Waals surface area contributed by atoms with Gasteiger partial charge in [-0.1, -0.05) is 76.1 Å². The molecule has 2 aliphatic rings. The molecule has 1 fully saturated rings. The van der Waals surface area contributed by atoms with Crippen LogP contribution in [0.15, 0.2) is 54.6 Å². The Balaban J connectivity index is 1.48. The summed E-state index contributed by atoms with van der Waals surface area (Å²) in [6.45, 7) is 8.23. The van der Waals surface area contributed by atoms with Crippen LogP contribution in [0.2, 0.25) is 0 Å². The zero-order valence-corrected chi connectivity index (χ0v) is 17.3. The zero-order valence-electron chi connectivity index (χ0n) is 17.3. The van der Waals surface area contributed by atoms with Gasteiger partial charge < -0.3 is 4.74 Å². The van der Waals surface area contributed by atoms with E-state index in [1.54, 1.807) is 0 Å². The van der Waals surface area contributed by atoms with Crippen molar-refractivity contribution in [1.29, 1.82) is 0 Å². The molecule has 2 aromatic rings. The molecule has 150 valence electrons. The lowest BCUT2D eigenvalue weighted by Gasteiger charge is -2.22. The lowest BCUT2D eigenvalue weighted by molar-refractivity contribution is -0.148. The van der Waals surface area contributed by atoms with Crippen LogP contribution in [0.1, 0.15) is 67.4 Å². The summed E-state index contributed by atoms with van der Waals surface area (Å²) in [6, 6.07) is 14.2. The first-order chi connectivity index (χ1) is 13.9. The average Bonchev–Trinajstić information content (AvgIpc) is 2.99. The van der Waals surface area contributed by atoms with Gasteiger partial charge in [0.2, 0.25) is 0 Å². The first kappa shape index (κ1) is 19.6. The van der Waals surface area contributed by atoms with E-state index < -0.39 is 0 Å². The van der Waals surface area contributed by atoms with Crippen LogP contribution < -0.4 is 0 Å². The molecule has 0 amide bonds. The highest BCUT2D eigenvalue weighted by molar-refractivity contribution is 6.09. The molecule has 0 unspecified atom stereocenters. The van der Waals surface area contributed by atoms with Gasteiger partial charge in [0.05, 0.1) is 5.92 Å². The number of carbonyl (C=O) groups excluding carboxylic acids is 2. The maximum absolute atomic E-state index is 12.9. The Kier molecular flexibility index (Phi) is 5.16. The Labute approximate surface area is 172 Å². The van der Waals surface area contributed by atoms with E-state index in [2.05, 4.69) is 38.6 Å². The molecule has 0 saturated heterocycles. The predicted octanol–water partition coefficient (Wildman–Crippen LogP) is 5.86. The maximum atomic E-state index is 12.9. The third-order valence-electron chi connectivity index (χ3n) is 6.49. The fourth-order valence-electron chi connectivity index (χ4n) is 4.73. The van der Waals surface area contributed by atoms with Gasteiger partial charge in [0.15, 0.2) is 5.78 Å². The third-order valence-corrected chi connectivity index (χ3v) is 6.49. The molecular weight excluding hydrogens is 360 g/mol. The van der Waals surface area contributed by atoms with Gasteiger partial charge in [-0.2, -0.15) is 0 Å². The van der Waals surface area contributed by atoms with Gasteiger partial charge in [-0.05, 0) is 41.2 Å². The summed E-state index contributed by atoms with van der Waals surface area (Å²) in [5.74, 6) is -0.369. The molecule has 29 heavy (non-hydrogen) atoms. The Bertz CT molecular complexity index is 977. The molecule has 0 N–H and O–H groups in total. The van der Waals surface area contributed by atoms with Crippen molar-refractivity contribution in [1.82, 2.24) is 0 Å². The minimum absolute atomic E-state index is 0.0223. The molecule has 0 atom stereocenters. The van der Waals surface area contributed by atoms with E-state index in [1.807, 2.05) is 24.3 Å². The highest BCUT2D eigenvalue weighted by atomic mass is 16.5. The van der Waals surface area contributed by atoms with Crippen LogP contribution in [-0.4, -0.2) is 18.4 Å². The zero-order chi connectivity index (χ0) is 20.6. The van der Waals surface area contributed by atoms with E-state index in [-0.39, 0.29) is 29.7 Å². The minimum atomic E-state index is -0.191. The van der Waals surface area contributed by atoms with Gasteiger partial charge >= 0.3 is 5.97 Å². The number of rotatable bonds is 5. The standard InChI is InChI=1S/C26H28O3/c1-17(16-29-25(28)18-9-5-4-6-10-18)24(27)19-13-14-21-20-11-7-8-12-22(20)26(2,3)23(21)15-19/h7-8,11-15,18H,1,4-6,9-10,16H2,2-3H3. The largest absolute Gasteiger partial charge is 0.460 e. The van der Waals surface area contributed by atoms with Crippen LogP contribution in [0.25, 0.3) is 11.1 Å². The Morgan fingerprint density at radius 2 is 1.69 bits per heavy atom. The fourth-order valence-corrected chi connectivity index (χ4v) is 4.73. The molecule has 3 heteroatoms. The SMILES string of the molecule is C=C(COC(=O)C1CCCCC1)C(=O)c1ccc2c(c1)C(C)(C)c1ccccc1-2. The van der Waals surface area contributed by atoms with Crippen molar-refractivity contribution >= 4 is 11.8 Å². The lowest BCUT2D eigenvalue weighted by atomic mass is 9.81. The van der Waals surface area contributed by atoms with E-state index in [0.29, 0.717) is 11.1 Å². The molecule has 0 heterocycles. The molecule has 4 rings (SSSR count). The number of carbonyl (C=O) groups is 2. The number of hydrogen-bond acceptors (Lipinski definition) is 3. The quantitative estimate of drug-likeness (QED) is 0.366. The van der Waals surface area contributed by atoms with Crippen LogP contribution >= 0.6 is 0 Å². The normalized spacial score (nSPS) is 17.3. The van der Waals surface area contributed by atoms with Crippen molar-refractivity contribution in [2.75, 3.05) is 6.61 Å². The molecule has 3 nitrogen and oxygen atoms in total. The van der Waals surface area contributed by atoms with Crippen LogP contribution in [-0.2, 0) is 14.9 Å². The van der Waals surface area contributed by atoms with Crippen molar-refractivity contribution in [3.8, 4) is 11.1 Å². The van der Waals surface area contributed by atoms with Gasteiger partial charge in [0.1, 0.15) is 6.61 Å². The molecule has 0 spiro atoms. The van der Waals surface area contributed by atoms with E-state index in [0.717, 1.165) is 31.2 Å². The number of benzene rings is 2. The summed E-state index contributed by atoms with van der Waals surface area (Å²) in [5, 5.41) is 0. The van der Waals surface area contributed by atoms with Crippen molar-refractivity contribution in [2.24, 2.45) is 5.92 Å². The van der Waals surface area contributed by atoms with Crippen molar-refractivity contribution in [2.45, 2.75) is 51.4 Å². The number of ether oxygens (including phenoxy) is 1. The lowest BCUT2D eigenvalue weighted by Crippen LogP contribution is -2.22. The average molecular weight is 389 g/mol. The van der Waals surface area contributed by atoms with Gasteiger partial charge in [-0.3, -0.25) is 9.59 Å². The first-order valence-electron chi connectivity index (χ1n) is 10.5. The number of fused-ring (bicyclic) bond motifs is 3. The summed E-state index contributed by atoms with van der Waals surface area (Å²) in [5.41, 5.74) is 5.60. The predicted molar refractivity (Wildman–Crippen MR) is 115 cm³/mol. The highest BCUT2D eigenvalue weighted by Gasteiger charge is 2.35. The number of esters is 1. The molecule has 1 saturated carbocycles. The van der Waals surface area contributed by atoms with Gasteiger partial charge in [-0.25, -0.2) is 0 Å². The van der Waals surface area contributed by atoms with Crippen molar-refractivity contribution < 1.29 is 14.3 Å². The monoisotopic (exact) mass is 388 g/mol. The summed E-state index contributed by atoms with van der Waals surface area (Å²) < 4.78 is 5.41. The summed E-state index contributed by atoms with van der Waals surface area (Å²) in [7, 11) is 0. The molecular formula is C26H28O3. The minimum Gasteiger partial charge on any atom is -0.460 e. The molecule has 2 aliphatic carbocycles. The smallest absolute Gasteiger partial charge is 0.309 e. The number of hydrogen-bond donors (Lipinski definition) is 0. The van der Waals surface area contributed by atoms with Gasteiger partial charge in [0.25, 0.3) is 0 Å². The second-order valence-electron chi connectivity index (χ2n) is 8.81. The Hall–Kier alpha value is -2.68. The summed E-state index contributed by atoms with van der Waals surface area (Å²) in [4.78, 5) is 25.2. The molecule has 0 aliphatic heterocycles. The van der Waals surface area contributed by atoms with Crippen LogP contribution in [0.4, 0.5) is 0 Å². The third kappa shape index (κ3) is 3.55. The fraction of sp³-hybridized carbons (Fsp3) is 0.385. The maximum Gasteiger partial charge on any atom is 0.309 e. The Morgan fingerprint density at radius 3 is 2.45 bits per heavy atom. The topological polar surface area (TPSA) is 43.4 Å². The second-order valence-corrected chi connectivity index (χ2v) is 8.81. The van der Waals surface area contributed by atoms with Crippen LogP contribution in [0.5, 0.6) is 0 Å². The van der Waals surface area contributed by atoms with E-state index >= 15 is 0 Å². The molecule has 0 aromatic heterocycles. The van der Waals surface area contributed by atoms with Crippen LogP contribution in [0.3, 0.4) is 0 Å². The number of ketones is 1. The van der Waals surface area contributed by atoms with Gasteiger partial charge in [-0.15, -0.1) is 0 Å². The first-order valence-corrected chi connectivity index (χ1v) is 10.5. The van der Waals surface area contributed by atoms with Gasteiger partial charge in [0, 0.05) is 16.6 Å². The number of Topliss-reactive ketones (excluding diaryl/α,β-unsaturated/α-hetero) is 1. The van der Waals surface area contributed by atoms with E-state index in [9.17, 15) is 9.59 Å². The summed E-state index contributed by atoms with van der Waals surface area (Å²) >= 11 is 0. The molecule has 0 bridgehead atoms. The van der Waals surface area contributed by atoms with Crippen molar-refractivity contribution in [3.63, 3.8) is 0 Å². The van der Waals surface area contributed by atoms with E-state index in [4.69, 9.17) is 4.74 Å². The molecule has 2 aromatic carbocycles. The highest BCUT2D eigenvalue weighted by Crippen LogP contribution is 2.48. The van der Waals surface area contributed by atoms with E-state index in [1.165, 1.54) is 23.1 Å². The second kappa shape index (κ2) is 7.62. The molecule has 0 radical (unpaired) electrons.